The van der Waals surface area contributed by atoms with Crippen LogP contribution in [0.1, 0.15) is 27.2 Å². The van der Waals surface area contributed by atoms with Crippen molar-refractivity contribution in [2.75, 3.05) is 46.5 Å². The van der Waals surface area contributed by atoms with Crippen LogP contribution in [0.4, 0.5) is 26.3 Å². The van der Waals surface area contributed by atoms with Crippen molar-refractivity contribution in [1.29, 1.82) is 0 Å². The minimum absolute atomic E-state index is 0.0380. The monoisotopic (exact) mass is 492 g/mol. The molecule has 34 heavy (non-hydrogen) atoms. The fourth-order valence-electron chi connectivity index (χ4n) is 3.27. The summed E-state index contributed by atoms with van der Waals surface area (Å²) in [5.41, 5.74) is -3.33. The van der Waals surface area contributed by atoms with Crippen molar-refractivity contribution in [3.63, 3.8) is 0 Å². The van der Waals surface area contributed by atoms with Gasteiger partial charge in [-0.05, 0) is 29.8 Å². The maximum absolute atomic E-state index is 13.1. The standard InChI is InChI=1S/C21H22F6N4O3/c1-30(13-14-10-15(20(22,23)24)12-16(11-14)21(25,26)27)18(32)17-2-3-28-19(29-17)34-9-6-31-4-7-33-8-5-31/h2-3,10-12H,4-9,13H2,1H3. The van der Waals surface area contributed by atoms with Crippen LogP contribution in [0.15, 0.2) is 30.5 Å². The van der Waals surface area contributed by atoms with E-state index in [0.717, 1.165) is 18.0 Å². The van der Waals surface area contributed by atoms with Crippen molar-refractivity contribution in [1.82, 2.24) is 19.8 Å². The van der Waals surface area contributed by atoms with E-state index in [1.807, 2.05) is 0 Å². The SMILES string of the molecule is CN(Cc1cc(C(F)(F)F)cc(C(F)(F)F)c1)C(=O)c1ccnc(OCCN2CCOCC2)n1. The minimum atomic E-state index is -4.97. The van der Waals surface area contributed by atoms with Crippen LogP contribution in [-0.2, 0) is 23.6 Å². The van der Waals surface area contributed by atoms with E-state index in [4.69, 9.17) is 9.47 Å². The second kappa shape index (κ2) is 10.6. The number of carbonyl (C=O) groups is 1. The second-order valence-electron chi connectivity index (χ2n) is 7.60. The third kappa shape index (κ3) is 7.03. The molecule has 0 radical (unpaired) electrons. The maximum atomic E-state index is 13.1. The number of nitrogens with zero attached hydrogens (tertiary/aromatic N) is 4. The van der Waals surface area contributed by atoms with Gasteiger partial charge in [-0.2, -0.15) is 31.3 Å². The lowest BCUT2D eigenvalue weighted by atomic mass is 10.0. The third-order valence-corrected chi connectivity index (χ3v) is 5.01. The molecule has 13 heteroatoms. The zero-order valence-corrected chi connectivity index (χ0v) is 18.1. The zero-order chi connectivity index (χ0) is 24.9. The van der Waals surface area contributed by atoms with Crippen molar-refractivity contribution >= 4 is 5.91 Å². The van der Waals surface area contributed by atoms with Gasteiger partial charge in [-0.1, -0.05) is 0 Å². The fraction of sp³-hybridized carbons (Fsp3) is 0.476. The molecule has 7 nitrogen and oxygen atoms in total. The molecule has 1 aromatic carbocycles. The molecule has 1 aliphatic heterocycles. The van der Waals surface area contributed by atoms with E-state index in [9.17, 15) is 31.1 Å². The first-order chi connectivity index (χ1) is 15.9. The molecular formula is C21H22F6N4O3. The highest BCUT2D eigenvalue weighted by molar-refractivity contribution is 5.92. The molecule has 0 atom stereocenters. The lowest BCUT2D eigenvalue weighted by Crippen LogP contribution is -2.38. The number of amides is 1. The fourth-order valence-corrected chi connectivity index (χ4v) is 3.27. The van der Waals surface area contributed by atoms with E-state index < -0.39 is 35.9 Å². The van der Waals surface area contributed by atoms with Crippen LogP contribution in [0.2, 0.25) is 0 Å². The third-order valence-electron chi connectivity index (χ3n) is 5.01. The van der Waals surface area contributed by atoms with Crippen LogP contribution < -0.4 is 4.74 Å². The van der Waals surface area contributed by atoms with Crippen molar-refractivity contribution in [3.8, 4) is 6.01 Å². The minimum Gasteiger partial charge on any atom is -0.462 e. The van der Waals surface area contributed by atoms with Gasteiger partial charge in [-0.3, -0.25) is 9.69 Å². The molecule has 0 N–H and O–H groups in total. The highest BCUT2D eigenvalue weighted by Crippen LogP contribution is 2.36. The average molecular weight is 492 g/mol. The van der Waals surface area contributed by atoms with Crippen molar-refractivity contribution in [2.45, 2.75) is 18.9 Å². The van der Waals surface area contributed by atoms with Gasteiger partial charge in [0.15, 0.2) is 0 Å². The summed E-state index contributed by atoms with van der Waals surface area (Å²) >= 11 is 0. The summed E-state index contributed by atoms with van der Waals surface area (Å²) in [7, 11) is 1.25. The van der Waals surface area contributed by atoms with Gasteiger partial charge in [0.25, 0.3) is 5.91 Å². The molecule has 2 aromatic rings. The number of benzene rings is 1. The number of hydrogen-bond acceptors (Lipinski definition) is 6. The van der Waals surface area contributed by atoms with E-state index in [0.29, 0.717) is 31.9 Å². The molecule has 0 aliphatic carbocycles. The van der Waals surface area contributed by atoms with E-state index in [1.54, 1.807) is 0 Å². The molecule has 1 aromatic heterocycles. The summed E-state index contributed by atoms with van der Waals surface area (Å²) < 4.78 is 89.2. The van der Waals surface area contributed by atoms with Crippen LogP contribution in [0, 0.1) is 0 Å². The summed E-state index contributed by atoms with van der Waals surface area (Å²) in [5.74, 6) is -0.716. The predicted molar refractivity (Wildman–Crippen MR) is 107 cm³/mol. The molecule has 1 aliphatic rings. The topological polar surface area (TPSA) is 67.8 Å². The number of morpholine rings is 1. The van der Waals surface area contributed by atoms with Gasteiger partial charge < -0.3 is 14.4 Å². The first-order valence-electron chi connectivity index (χ1n) is 10.2. The maximum Gasteiger partial charge on any atom is 0.416 e. The Kier molecular flexibility index (Phi) is 7.97. The number of rotatable bonds is 7. The molecule has 186 valence electrons. The van der Waals surface area contributed by atoms with Gasteiger partial charge >= 0.3 is 18.4 Å². The number of alkyl halides is 6. The number of halogens is 6. The van der Waals surface area contributed by atoms with Crippen LogP contribution in [-0.4, -0.2) is 72.2 Å². The van der Waals surface area contributed by atoms with Gasteiger partial charge in [-0.25, -0.2) is 4.98 Å². The van der Waals surface area contributed by atoms with Crippen LogP contribution in [0.5, 0.6) is 6.01 Å². The molecule has 3 rings (SSSR count). The zero-order valence-electron chi connectivity index (χ0n) is 18.1. The summed E-state index contributed by atoms with van der Waals surface area (Å²) in [4.78, 5) is 23.7. The molecular weight excluding hydrogens is 470 g/mol. The predicted octanol–water partition coefficient (Wildman–Crippen LogP) is 3.50. The van der Waals surface area contributed by atoms with Gasteiger partial charge in [-0.15, -0.1) is 0 Å². The number of hydrogen-bond donors (Lipinski definition) is 0. The van der Waals surface area contributed by atoms with Crippen molar-refractivity contribution in [3.05, 3.63) is 52.8 Å². The van der Waals surface area contributed by atoms with Gasteiger partial charge in [0.2, 0.25) is 0 Å². The summed E-state index contributed by atoms with van der Waals surface area (Å²) in [6, 6.07) is 2.42. The highest BCUT2D eigenvalue weighted by atomic mass is 19.4. The van der Waals surface area contributed by atoms with E-state index in [-0.39, 0.29) is 29.9 Å². The Labute approximate surface area is 191 Å². The number of carbonyl (C=O) groups excluding carboxylic acids is 1. The van der Waals surface area contributed by atoms with E-state index in [1.165, 1.54) is 19.3 Å². The lowest BCUT2D eigenvalue weighted by Gasteiger charge is -2.26. The van der Waals surface area contributed by atoms with Gasteiger partial charge in [0, 0.05) is 39.4 Å². The summed E-state index contributed by atoms with van der Waals surface area (Å²) in [5, 5.41) is 0. The first-order valence-corrected chi connectivity index (χ1v) is 10.2. The summed E-state index contributed by atoms with van der Waals surface area (Å²) in [6.07, 6.45) is -8.67. The van der Waals surface area contributed by atoms with Crippen LogP contribution in [0.3, 0.4) is 0 Å². The van der Waals surface area contributed by atoms with E-state index >= 15 is 0 Å². The first kappa shape index (κ1) is 25.7. The van der Waals surface area contributed by atoms with Gasteiger partial charge in [0.1, 0.15) is 12.3 Å². The van der Waals surface area contributed by atoms with Crippen LogP contribution >= 0.6 is 0 Å². The quantitative estimate of drug-likeness (QED) is 0.552. The van der Waals surface area contributed by atoms with Gasteiger partial charge in [0.05, 0.1) is 24.3 Å². The Morgan fingerprint density at radius 1 is 1.09 bits per heavy atom. The summed E-state index contributed by atoms with van der Waals surface area (Å²) in [6.45, 7) is 3.15. The molecule has 2 heterocycles. The van der Waals surface area contributed by atoms with Crippen LogP contribution in [0.25, 0.3) is 0 Å². The molecule has 1 amide bonds. The number of aromatic nitrogens is 2. The Morgan fingerprint density at radius 2 is 1.71 bits per heavy atom. The Balaban J connectivity index is 1.68. The Morgan fingerprint density at radius 3 is 2.29 bits per heavy atom. The average Bonchev–Trinajstić information content (AvgIpc) is 2.78. The van der Waals surface area contributed by atoms with Crippen molar-refractivity contribution < 1.29 is 40.6 Å². The lowest BCUT2D eigenvalue weighted by molar-refractivity contribution is -0.143. The molecule has 1 saturated heterocycles. The van der Waals surface area contributed by atoms with E-state index in [2.05, 4.69) is 14.9 Å². The molecule has 1 fully saturated rings. The second-order valence-corrected chi connectivity index (χ2v) is 7.60. The molecule has 0 saturated carbocycles. The largest absolute Gasteiger partial charge is 0.462 e. The Bertz CT molecular complexity index is 961. The number of ether oxygens (including phenoxy) is 2. The van der Waals surface area contributed by atoms with Crippen molar-refractivity contribution in [2.24, 2.45) is 0 Å². The smallest absolute Gasteiger partial charge is 0.416 e. The highest BCUT2D eigenvalue weighted by Gasteiger charge is 2.37. The molecule has 0 bridgehead atoms. The molecule has 0 spiro atoms. The normalized spacial score (nSPS) is 15.3. The molecule has 0 unspecified atom stereocenters. The Hall–Kier alpha value is -2.93.